The lowest BCUT2D eigenvalue weighted by Crippen LogP contribution is -2.72. The Morgan fingerprint density at radius 2 is 0.971 bits per heavy atom. The van der Waals surface area contributed by atoms with Crippen LogP contribution in [0.1, 0.15) is 11.1 Å². The zero-order valence-corrected chi connectivity index (χ0v) is 21.1. The van der Waals surface area contributed by atoms with E-state index < -0.39 is 8.07 Å². The van der Waals surface area contributed by atoms with Crippen LogP contribution in [-0.2, 0) is 0 Å². The summed E-state index contributed by atoms with van der Waals surface area (Å²) in [5, 5.41) is 6.53. The molecule has 5 aromatic carbocycles. The fraction of sp³-hybridized carbons (Fsp3) is 0.0625. The molecule has 0 spiro atoms. The molecule has 0 saturated carbocycles. The fourth-order valence-electron chi connectivity index (χ4n) is 5.63. The maximum Gasteiger partial charge on any atom is 0.180 e. The van der Waals surface area contributed by atoms with Crippen LogP contribution in [0.25, 0.3) is 22.3 Å². The molecular formula is C32H25ClSi. The van der Waals surface area contributed by atoms with Crippen molar-refractivity contribution in [2.75, 3.05) is 0 Å². The Morgan fingerprint density at radius 3 is 1.59 bits per heavy atom. The molecule has 1 aliphatic rings. The summed E-state index contributed by atoms with van der Waals surface area (Å²) in [4.78, 5) is 0. The monoisotopic (exact) mass is 472 g/mol. The molecule has 0 aromatic heterocycles. The Bertz CT molecular complexity index is 1470. The highest BCUT2D eigenvalue weighted by Crippen LogP contribution is 2.39. The van der Waals surface area contributed by atoms with Crippen LogP contribution < -0.4 is 20.7 Å². The Kier molecular flexibility index (Phi) is 5.06. The Morgan fingerprint density at radius 1 is 0.471 bits per heavy atom. The van der Waals surface area contributed by atoms with Gasteiger partial charge in [-0.15, -0.1) is 0 Å². The predicted molar refractivity (Wildman–Crippen MR) is 149 cm³/mol. The molecule has 0 aliphatic carbocycles. The van der Waals surface area contributed by atoms with Gasteiger partial charge in [0.05, 0.1) is 0 Å². The summed E-state index contributed by atoms with van der Waals surface area (Å²) in [5.74, 6) is 0. The molecule has 0 N–H and O–H groups in total. The van der Waals surface area contributed by atoms with Gasteiger partial charge >= 0.3 is 0 Å². The average molecular weight is 473 g/mol. The van der Waals surface area contributed by atoms with Gasteiger partial charge in [0, 0.05) is 10.6 Å². The van der Waals surface area contributed by atoms with Crippen molar-refractivity contribution in [2.24, 2.45) is 0 Å². The van der Waals surface area contributed by atoms with Crippen molar-refractivity contribution in [1.29, 1.82) is 0 Å². The molecule has 0 bridgehead atoms. The maximum absolute atomic E-state index is 6.74. The Labute approximate surface area is 207 Å². The van der Waals surface area contributed by atoms with Gasteiger partial charge in [0.2, 0.25) is 0 Å². The molecule has 0 amide bonds. The minimum Gasteiger partial charge on any atom is -0.0837 e. The van der Waals surface area contributed by atoms with E-state index in [-0.39, 0.29) is 0 Å². The van der Waals surface area contributed by atoms with E-state index in [0.717, 1.165) is 10.6 Å². The summed E-state index contributed by atoms with van der Waals surface area (Å²) in [6.07, 6.45) is 0. The van der Waals surface area contributed by atoms with E-state index in [9.17, 15) is 0 Å². The molecule has 164 valence electrons. The molecular weight excluding hydrogens is 448 g/mol. The number of hydrogen-bond acceptors (Lipinski definition) is 0. The summed E-state index contributed by atoms with van der Waals surface area (Å²) in [6, 6.07) is 42.5. The number of hydrogen-bond donors (Lipinski definition) is 0. The molecule has 0 atom stereocenters. The number of rotatable bonds is 3. The second-order valence-corrected chi connectivity index (χ2v) is 13.4. The minimum absolute atomic E-state index is 0.790. The van der Waals surface area contributed by atoms with Gasteiger partial charge in [-0.1, -0.05) is 132 Å². The van der Waals surface area contributed by atoms with Crippen LogP contribution in [0.3, 0.4) is 0 Å². The van der Waals surface area contributed by atoms with Crippen molar-refractivity contribution in [3.8, 4) is 22.3 Å². The normalized spacial score (nSPS) is 13.4. The third-order valence-electron chi connectivity index (χ3n) is 7.20. The summed E-state index contributed by atoms with van der Waals surface area (Å²) < 4.78 is 0. The molecule has 1 aliphatic heterocycles. The van der Waals surface area contributed by atoms with Gasteiger partial charge in [-0.3, -0.25) is 0 Å². The molecule has 0 nitrogen and oxygen atoms in total. The van der Waals surface area contributed by atoms with E-state index in [2.05, 4.69) is 117 Å². The molecule has 34 heavy (non-hydrogen) atoms. The van der Waals surface area contributed by atoms with E-state index in [0.29, 0.717) is 0 Å². The quantitative estimate of drug-likeness (QED) is 0.278. The molecule has 0 saturated heterocycles. The van der Waals surface area contributed by atoms with Gasteiger partial charge in [-0.2, -0.15) is 0 Å². The SMILES string of the molecule is Cc1ccc([Si]2(c3ccc(C)cc3)c3ccccc3-c3c(-c4ccccc4Cl)cccc32)cc1. The van der Waals surface area contributed by atoms with Crippen molar-refractivity contribution in [2.45, 2.75) is 13.8 Å². The first kappa shape index (κ1) is 21.2. The van der Waals surface area contributed by atoms with Gasteiger partial charge in [-0.25, -0.2) is 0 Å². The maximum atomic E-state index is 6.74. The van der Waals surface area contributed by atoms with Crippen LogP contribution in [-0.4, -0.2) is 8.07 Å². The lowest BCUT2D eigenvalue weighted by molar-refractivity contribution is 1.48. The molecule has 0 fully saturated rings. The molecule has 2 heteroatoms. The highest BCUT2D eigenvalue weighted by Gasteiger charge is 2.49. The highest BCUT2D eigenvalue weighted by atomic mass is 35.5. The summed E-state index contributed by atoms with van der Waals surface area (Å²) >= 11 is 6.74. The number of benzene rings is 5. The number of halogens is 1. The first-order valence-electron chi connectivity index (χ1n) is 11.7. The van der Waals surface area contributed by atoms with E-state index >= 15 is 0 Å². The lowest BCUT2D eigenvalue weighted by atomic mass is 9.95. The van der Waals surface area contributed by atoms with Gasteiger partial charge in [0.1, 0.15) is 0 Å². The smallest absolute Gasteiger partial charge is 0.0837 e. The first-order chi connectivity index (χ1) is 16.6. The van der Waals surface area contributed by atoms with E-state index in [1.807, 2.05) is 12.1 Å². The predicted octanol–water partition coefficient (Wildman–Crippen LogP) is 5.98. The second-order valence-electron chi connectivity index (χ2n) is 9.24. The number of aryl methyl sites for hydroxylation is 2. The van der Waals surface area contributed by atoms with Crippen LogP contribution in [0.4, 0.5) is 0 Å². The summed E-state index contributed by atoms with van der Waals surface area (Å²) in [6.45, 7) is 4.33. The van der Waals surface area contributed by atoms with Gasteiger partial charge in [0.15, 0.2) is 8.07 Å². The number of fused-ring (bicyclic) bond motifs is 3. The van der Waals surface area contributed by atoms with E-state index in [1.165, 1.54) is 48.6 Å². The molecule has 6 rings (SSSR count). The van der Waals surface area contributed by atoms with Crippen LogP contribution in [0.5, 0.6) is 0 Å². The largest absolute Gasteiger partial charge is 0.180 e. The van der Waals surface area contributed by atoms with Crippen LogP contribution in [0.2, 0.25) is 5.02 Å². The topological polar surface area (TPSA) is 0 Å². The van der Waals surface area contributed by atoms with Crippen LogP contribution >= 0.6 is 11.6 Å². The summed E-state index contributed by atoms with van der Waals surface area (Å²) in [5.41, 5.74) is 7.54. The zero-order chi connectivity index (χ0) is 23.3. The Hall–Kier alpha value is -3.39. The molecule has 0 radical (unpaired) electrons. The van der Waals surface area contributed by atoms with Crippen molar-refractivity contribution < 1.29 is 0 Å². The molecule has 1 heterocycles. The second kappa shape index (κ2) is 8.13. The van der Waals surface area contributed by atoms with Gasteiger partial charge in [-0.05, 0) is 57.4 Å². The van der Waals surface area contributed by atoms with Gasteiger partial charge < -0.3 is 0 Å². The van der Waals surface area contributed by atoms with Crippen molar-refractivity contribution in [3.05, 3.63) is 131 Å². The third-order valence-corrected chi connectivity index (χ3v) is 12.4. The highest BCUT2D eigenvalue weighted by molar-refractivity contribution is 7.22. The van der Waals surface area contributed by atoms with Crippen LogP contribution in [0, 0.1) is 13.8 Å². The third kappa shape index (κ3) is 3.05. The van der Waals surface area contributed by atoms with Crippen LogP contribution in [0.15, 0.2) is 115 Å². The van der Waals surface area contributed by atoms with Gasteiger partial charge in [0.25, 0.3) is 0 Å². The summed E-state index contributed by atoms with van der Waals surface area (Å²) in [7, 11) is -2.50. The van der Waals surface area contributed by atoms with E-state index in [4.69, 9.17) is 11.6 Å². The van der Waals surface area contributed by atoms with Crippen molar-refractivity contribution >= 4 is 40.4 Å². The molecule has 5 aromatic rings. The average Bonchev–Trinajstić information content (AvgIpc) is 3.17. The first-order valence-corrected chi connectivity index (χ1v) is 14.1. The Balaban J connectivity index is 1.78. The molecule has 0 unspecified atom stereocenters. The van der Waals surface area contributed by atoms with Crippen molar-refractivity contribution in [3.63, 3.8) is 0 Å². The van der Waals surface area contributed by atoms with E-state index in [1.54, 1.807) is 0 Å². The standard InChI is InChI=1S/C32H25ClSi/c1-22-14-18-24(19-15-22)34(25-20-16-23(2)17-21-25)30-12-6-4-9-28(30)32-27(10-7-13-31(32)34)26-8-3-5-11-29(26)33/h3-21H,1-2H3. The fourth-order valence-corrected chi connectivity index (χ4v) is 11.0. The van der Waals surface area contributed by atoms with Crippen molar-refractivity contribution in [1.82, 2.24) is 0 Å². The zero-order valence-electron chi connectivity index (χ0n) is 19.3. The lowest BCUT2D eigenvalue weighted by Gasteiger charge is -2.31. The minimum atomic E-state index is -2.50.